The van der Waals surface area contributed by atoms with Crippen LogP contribution in [0.3, 0.4) is 0 Å². The summed E-state index contributed by atoms with van der Waals surface area (Å²) in [4.78, 5) is 13.6. The molecule has 0 bridgehead atoms. The second-order valence-corrected chi connectivity index (χ2v) is 8.45. The highest BCUT2D eigenvalue weighted by molar-refractivity contribution is 8.00. The zero-order chi connectivity index (χ0) is 20.4. The zero-order valence-electron chi connectivity index (χ0n) is 17.4. The second-order valence-electron chi connectivity index (χ2n) is 7.20. The van der Waals surface area contributed by atoms with Gasteiger partial charge >= 0.3 is 0 Å². The SMILES string of the molecule is C=C1C(=O)CC(OC(C)OCC)C1C(C=CCCCCC)Sc1ccccc1. The fourth-order valence-corrected chi connectivity index (χ4v) is 4.85. The van der Waals surface area contributed by atoms with E-state index in [0.29, 0.717) is 18.6 Å². The molecule has 1 aromatic carbocycles. The smallest absolute Gasteiger partial charge is 0.161 e. The molecule has 0 amide bonds. The molecule has 2 rings (SSSR count). The number of Topliss-reactive ketones (excluding diaryl/α,β-unsaturated/α-hetero) is 1. The van der Waals surface area contributed by atoms with Crippen molar-refractivity contribution in [2.75, 3.05) is 6.61 Å². The highest BCUT2D eigenvalue weighted by Crippen LogP contribution is 2.41. The fraction of sp³-hybridized carbons (Fsp3) is 0.542. The first-order valence-electron chi connectivity index (χ1n) is 10.4. The van der Waals surface area contributed by atoms with Gasteiger partial charge in [0.25, 0.3) is 0 Å². The third-order valence-electron chi connectivity index (χ3n) is 4.98. The summed E-state index contributed by atoms with van der Waals surface area (Å²) >= 11 is 1.78. The molecule has 1 aliphatic carbocycles. The van der Waals surface area contributed by atoms with E-state index in [4.69, 9.17) is 9.47 Å². The van der Waals surface area contributed by atoms with E-state index in [1.165, 1.54) is 24.2 Å². The molecule has 0 heterocycles. The van der Waals surface area contributed by atoms with E-state index >= 15 is 0 Å². The Morgan fingerprint density at radius 3 is 2.68 bits per heavy atom. The van der Waals surface area contributed by atoms with Crippen LogP contribution in [0.15, 0.2) is 59.5 Å². The van der Waals surface area contributed by atoms with Gasteiger partial charge in [0.15, 0.2) is 12.1 Å². The Morgan fingerprint density at radius 2 is 2.00 bits per heavy atom. The molecule has 4 atom stereocenters. The van der Waals surface area contributed by atoms with E-state index in [1.54, 1.807) is 11.8 Å². The molecule has 4 unspecified atom stereocenters. The van der Waals surface area contributed by atoms with Crippen molar-refractivity contribution in [2.24, 2.45) is 5.92 Å². The minimum absolute atomic E-state index is 0.0389. The van der Waals surface area contributed by atoms with Gasteiger partial charge in [-0.1, -0.05) is 56.7 Å². The van der Waals surface area contributed by atoms with Crippen LogP contribution >= 0.6 is 11.8 Å². The third kappa shape index (κ3) is 6.91. The van der Waals surface area contributed by atoms with Gasteiger partial charge in [0.2, 0.25) is 0 Å². The van der Waals surface area contributed by atoms with E-state index in [1.807, 2.05) is 32.0 Å². The number of hydrogen-bond acceptors (Lipinski definition) is 4. The molecule has 1 aromatic rings. The highest BCUT2D eigenvalue weighted by atomic mass is 32.2. The van der Waals surface area contributed by atoms with Gasteiger partial charge < -0.3 is 9.47 Å². The van der Waals surface area contributed by atoms with Crippen LogP contribution in [0, 0.1) is 5.92 Å². The molecule has 0 saturated heterocycles. The predicted octanol–water partition coefficient (Wildman–Crippen LogP) is 6.20. The lowest BCUT2D eigenvalue weighted by molar-refractivity contribution is -0.163. The maximum atomic E-state index is 12.5. The Kier molecular flexibility index (Phi) is 10.0. The van der Waals surface area contributed by atoms with Crippen LogP contribution in [-0.4, -0.2) is 30.0 Å². The van der Waals surface area contributed by atoms with E-state index in [9.17, 15) is 4.79 Å². The summed E-state index contributed by atoms with van der Waals surface area (Å²) in [5, 5.41) is 0.113. The van der Waals surface area contributed by atoms with Gasteiger partial charge in [-0.15, -0.1) is 11.8 Å². The van der Waals surface area contributed by atoms with E-state index in [0.717, 1.165) is 6.42 Å². The van der Waals surface area contributed by atoms with Crippen molar-refractivity contribution >= 4 is 17.5 Å². The Balaban J connectivity index is 2.18. The summed E-state index contributed by atoms with van der Waals surface area (Å²) < 4.78 is 11.7. The summed E-state index contributed by atoms with van der Waals surface area (Å²) in [5.41, 5.74) is 0.681. The average Bonchev–Trinajstić information content (AvgIpc) is 2.95. The first-order chi connectivity index (χ1) is 13.6. The topological polar surface area (TPSA) is 35.5 Å². The number of unbranched alkanes of at least 4 members (excludes halogenated alkanes) is 3. The van der Waals surface area contributed by atoms with E-state index in [2.05, 4.69) is 37.8 Å². The molecule has 154 valence electrons. The van der Waals surface area contributed by atoms with Gasteiger partial charge in [-0.2, -0.15) is 0 Å². The minimum atomic E-state index is -0.327. The molecule has 0 radical (unpaired) electrons. The Hall–Kier alpha value is -1.36. The number of ketones is 1. The molecule has 1 fully saturated rings. The summed E-state index contributed by atoms with van der Waals surface area (Å²) in [5.74, 6) is 0.0692. The van der Waals surface area contributed by atoms with Crippen LogP contribution < -0.4 is 0 Å². The molecular formula is C24H34O3S. The summed E-state index contributed by atoms with van der Waals surface area (Å²) in [6.45, 7) is 10.8. The maximum Gasteiger partial charge on any atom is 0.161 e. The van der Waals surface area contributed by atoms with Crippen LogP contribution in [0.2, 0.25) is 0 Å². The predicted molar refractivity (Wildman–Crippen MR) is 118 cm³/mol. The number of thioether (sulfide) groups is 1. The monoisotopic (exact) mass is 402 g/mol. The number of ether oxygens (including phenoxy) is 2. The van der Waals surface area contributed by atoms with Gasteiger partial charge in [0.05, 0.1) is 6.10 Å². The lowest BCUT2D eigenvalue weighted by Gasteiger charge is -2.28. The van der Waals surface area contributed by atoms with Gasteiger partial charge in [0.1, 0.15) is 0 Å². The minimum Gasteiger partial charge on any atom is -0.353 e. The molecule has 4 heteroatoms. The van der Waals surface area contributed by atoms with Crippen LogP contribution in [0.4, 0.5) is 0 Å². The van der Waals surface area contributed by atoms with Crippen molar-refractivity contribution in [3.63, 3.8) is 0 Å². The Morgan fingerprint density at radius 1 is 1.25 bits per heavy atom. The molecular weight excluding hydrogens is 368 g/mol. The van der Waals surface area contributed by atoms with Crippen LogP contribution in [-0.2, 0) is 14.3 Å². The lowest BCUT2D eigenvalue weighted by Crippen LogP contribution is -2.31. The standard InChI is InChI=1S/C24H34O3S/c1-5-7-8-9-13-16-23(28-20-14-11-10-12-15-20)24-18(3)21(25)17-22(24)27-19(4)26-6-2/h10-16,19,22-24H,3,5-9,17H2,1-2,4H3. The van der Waals surface area contributed by atoms with E-state index < -0.39 is 0 Å². The van der Waals surface area contributed by atoms with Gasteiger partial charge in [-0.3, -0.25) is 4.79 Å². The highest BCUT2D eigenvalue weighted by Gasteiger charge is 2.42. The summed E-state index contributed by atoms with van der Waals surface area (Å²) in [6, 6.07) is 10.3. The molecule has 1 aliphatic rings. The fourth-order valence-electron chi connectivity index (χ4n) is 3.54. The number of carbonyl (C=O) groups is 1. The van der Waals surface area contributed by atoms with Crippen molar-refractivity contribution in [2.45, 2.75) is 75.4 Å². The van der Waals surface area contributed by atoms with Crippen molar-refractivity contribution in [1.29, 1.82) is 0 Å². The van der Waals surface area contributed by atoms with Gasteiger partial charge in [-0.25, -0.2) is 0 Å². The Labute approximate surface area is 174 Å². The van der Waals surface area contributed by atoms with Crippen molar-refractivity contribution < 1.29 is 14.3 Å². The number of carbonyl (C=O) groups excluding carboxylic acids is 1. The van der Waals surface area contributed by atoms with Crippen molar-refractivity contribution in [3.05, 3.63) is 54.6 Å². The van der Waals surface area contributed by atoms with Crippen LogP contribution in [0.25, 0.3) is 0 Å². The number of rotatable bonds is 12. The summed E-state index contributed by atoms with van der Waals surface area (Å²) in [6.07, 6.45) is 9.10. The quantitative estimate of drug-likeness (QED) is 0.137. The zero-order valence-corrected chi connectivity index (χ0v) is 18.3. The molecule has 0 N–H and O–H groups in total. The molecule has 0 aliphatic heterocycles. The first kappa shape index (κ1) is 22.9. The van der Waals surface area contributed by atoms with E-state index in [-0.39, 0.29) is 29.3 Å². The third-order valence-corrected chi connectivity index (χ3v) is 6.25. The number of benzene rings is 1. The second kappa shape index (κ2) is 12.3. The number of hydrogen-bond donors (Lipinski definition) is 0. The molecule has 0 spiro atoms. The van der Waals surface area contributed by atoms with Gasteiger partial charge in [-0.05, 0) is 44.4 Å². The van der Waals surface area contributed by atoms with Crippen molar-refractivity contribution in [1.82, 2.24) is 0 Å². The molecule has 28 heavy (non-hydrogen) atoms. The Bertz CT molecular complexity index is 641. The average molecular weight is 403 g/mol. The largest absolute Gasteiger partial charge is 0.353 e. The normalized spacial score (nSPS) is 22.1. The summed E-state index contributed by atoms with van der Waals surface area (Å²) in [7, 11) is 0. The molecule has 1 saturated carbocycles. The van der Waals surface area contributed by atoms with Crippen LogP contribution in [0.5, 0.6) is 0 Å². The number of allylic oxidation sites excluding steroid dienone is 1. The van der Waals surface area contributed by atoms with Crippen LogP contribution in [0.1, 0.15) is 52.9 Å². The van der Waals surface area contributed by atoms with Gasteiger partial charge in [0, 0.05) is 29.1 Å². The maximum absolute atomic E-state index is 12.5. The first-order valence-corrected chi connectivity index (χ1v) is 11.3. The van der Waals surface area contributed by atoms with Crippen molar-refractivity contribution in [3.8, 4) is 0 Å². The molecule has 3 nitrogen and oxygen atoms in total. The lowest BCUT2D eigenvalue weighted by atomic mass is 9.96. The molecule has 0 aromatic heterocycles.